The molecule has 0 radical (unpaired) electrons. The number of hydrogen-bond acceptors (Lipinski definition) is 4. The quantitative estimate of drug-likeness (QED) is 0.781. The van der Waals surface area contributed by atoms with Crippen molar-refractivity contribution in [1.29, 1.82) is 0 Å². The number of ether oxygens (including phenoxy) is 2. The Kier molecular flexibility index (Phi) is 6.96. The molecule has 138 valence electrons. The van der Waals surface area contributed by atoms with Gasteiger partial charge < -0.3 is 14.8 Å². The van der Waals surface area contributed by atoms with E-state index in [1.54, 1.807) is 24.3 Å². The van der Waals surface area contributed by atoms with E-state index in [9.17, 15) is 14.0 Å². The number of carbonyl (C=O) groups is 2. The molecular formula is C19H21FN2O4. The summed E-state index contributed by atoms with van der Waals surface area (Å²) in [5, 5.41) is 5.25. The van der Waals surface area contributed by atoms with Crippen molar-refractivity contribution >= 4 is 23.4 Å². The van der Waals surface area contributed by atoms with Gasteiger partial charge >= 0.3 is 6.09 Å². The number of benzene rings is 2. The third-order valence-corrected chi connectivity index (χ3v) is 3.12. The zero-order valence-corrected chi connectivity index (χ0v) is 14.6. The van der Waals surface area contributed by atoms with Gasteiger partial charge in [0.15, 0.2) is 6.61 Å². The van der Waals surface area contributed by atoms with Gasteiger partial charge in [0, 0.05) is 11.4 Å². The van der Waals surface area contributed by atoms with Crippen LogP contribution in [0.4, 0.5) is 20.6 Å². The standard InChI is InChI=1S/C19H21FN2O4/c1-13(2)11-26-19(24)22-16-5-3-4-15(10-16)21-18(23)12-25-17-8-6-14(20)7-9-17/h3-10,13H,11-12H2,1-2H3,(H,21,23)(H,22,24). The molecule has 0 aromatic heterocycles. The zero-order valence-electron chi connectivity index (χ0n) is 14.6. The van der Waals surface area contributed by atoms with Crippen LogP contribution in [0, 0.1) is 11.7 Å². The van der Waals surface area contributed by atoms with E-state index in [4.69, 9.17) is 9.47 Å². The molecular weight excluding hydrogens is 339 g/mol. The van der Waals surface area contributed by atoms with Gasteiger partial charge in [-0.25, -0.2) is 9.18 Å². The molecule has 0 saturated heterocycles. The summed E-state index contributed by atoms with van der Waals surface area (Å²) in [7, 11) is 0. The molecule has 0 aliphatic carbocycles. The Morgan fingerprint density at radius 2 is 1.69 bits per heavy atom. The van der Waals surface area contributed by atoms with Crippen LogP contribution in [-0.2, 0) is 9.53 Å². The van der Waals surface area contributed by atoms with Crippen LogP contribution in [-0.4, -0.2) is 25.2 Å². The van der Waals surface area contributed by atoms with Crippen LogP contribution in [0.1, 0.15) is 13.8 Å². The van der Waals surface area contributed by atoms with Gasteiger partial charge in [0.2, 0.25) is 0 Å². The highest BCUT2D eigenvalue weighted by molar-refractivity contribution is 5.93. The van der Waals surface area contributed by atoms with Gasteiger partial charge in [-0.3, -0.25) is 10.1 Å². The molecule has 0 bridgehead atoms. The number of carbonyl (C=O) groups excluding carboxylic acids is 2. The minimum absolute atomic E-state index is 0.223. The van der Waals surface area contributed by atoms with Gasteiger partial charge in [-0.15, -0.1) is 0 Å². The minimum Gasteiger partial charge on any atom is -0.484 e. The number of amides is 2. The fourth-order valence-corrected chi connectivity index (χ4v) is 1.95. The third kappa shape index (κ3) is 6.80. The monoisotopic (exact) mass is 360 g/mol. The van der Waals surface area contributed by atoms with Crippen LogP contribution < -0.4 is 15.4 Å². The van der Waals surface area contributed by atoms with Gasteiger partial charge in [-0.05, 0) is 48.4 Å². The second-order valence-electron chi connectivity index (χ2n) is 5.99. The molecule has 26 heavy (non-hydrogen) atoms. The molecule has 2 amide bonds. The van der Waals surface area contributed by atoms with Crippen LogP contribution in [0.5, 0.6) is 5.75 Å². The largest absolute Gasteiger partial charge is 0.484 e. The second kappa shape index (κ2) is 9.41. The van der Waals surface area contributed by atoms with E-state index in [0.717, 1.165) is 0 Å². The van der Waals surface area contributed by atoms with Crippen LogP contribution in [0.25, 0.3) is 0 Å². The lowest BCUT2D eigenvalue weighted by atomic mass is 10.2. The Morgan fingerprint density at radius 3 is 2.35 bits per heavy atom. The summed E-state index contributed by atoms with van der Waals surface area (Å²) < 4.78 is 23.1. The summed E-state index contributed by atoms with van der Waals surface area (Å²) >= 11 is 0. The molecule has 0 fully saturated rings. The normalized spacial score (nSPS) is 10.3. The van der Waals surface area contributed by atoms with Crippen molar-refractivity contribution in [3.05, 3.63) is 54.3 Å². The highest BCUT2D eigenvalue weighted by Crippen LogP contribution is 2.16. The Morgan fingerprint density at radius 1 is 1.04 bits per heavy atom. The molecule has 6 nitrogen and oxygen atoms in total. The van der Waals surface area contributed by atoms with Crippen molar-refractivity contribution in [2.24, 2.45) is 5.92 Å². The Hall–Kier alpha value is -3.09. The van der Waals surface area contributed by atoms with Crippen molar-refractivity contribution in [3.8, 4) is 5.75 Å². The lowest BCUT2D eigenvalue weighted by molar-refractivity contribution is -0.118. The predicted octanol–water partition coefficient (Wildman–Crippen LogP) is 4.05. The molecule has 7 heteroatoms. The van der Waals surface area contributed by atoms with Crippen molar-refractivity contribution in [2.75, 3.05) is 23.8 Å². The van der Waals surface area contributed by atoms with Crippen molar-refractivity contribution in [3.63, 3.8) is 0 Å². The lowest BCUT2D eigenvalue weighted by Gasteiger charge is -2.11. The van der Waals surface area contributed by atoms with Crippen molar-refractivity contribution in [1.82, 2.24) is 0 Å². The SMILES string of the molecule is CC(C)COC(=O)Nc1cccc(NC(=O)COc2ccc(F)cc2)c1. The maximum atomic E-state index is 12.8. The maximum absolute atomic E-state index is 12.8. The fraction of sp³-hybridized carbons (Fsp3) is 0.263. The first-order valence-electron chi connectivity index (χ1n) is 8.14. The minimum atomic E-state index is -0.554. The summed E-state index contributed by atoms with van der Waals surface area (Å²) in [5.41, 5.74) is 0.996. The van der Waals surface area contributed by atoms with Crippen LogP contribution in [0.3, 0.4) is 0 Å². The summed E-state index contributed by atoms with van der Waals surface area (Å²) in [6.45, 7) is 3.98. The number of halogens is 1. The number of anilines is 2. The van der Waals surface area contributed by atoms with E-state index in [1.807, 2.05) is 13.8 Å². The van der Waals surface area contributed by atoms with E-state index in [0.29, 0.717) is 23.7 Å². The van der Waals surface area contributed by atoms with E-state index in [1.165, 1.54) is 24.3 Å². The van der Waals surface area contributed by atoms with Gasteiger partial charge in [0.1, 0.15) is 11.6 Å². The van der Waals surface area contributed by atoms with Crippen LogP contribution in [0.2, 0.25) is 0 Å². The molecule has 0 saturated carbocycles. The summed E-state index contributed by atoms with van der Waals surface area (Å²) in [6, 6.07) is 12.0. The molecule has 2 N–H and O–H groups in total. The molecule has 2 aromatic carbocycles. The third-order valence-electron chi connectivity index (χ3n) is 3.12. The molecule has 2 aromatic rings. The van der Waals surface area contributed by atoms with Gasteiger partial charge in [-0.1, -0.05) is 19.9 Å². The van der Waals surface area contributed by atoms with Crippen LogP contribution >= 0.6 is 0 Å². The average Bonchev–Trinajstić information content (AvgIpc) is 2.60. The Balaban J connectivity index is 1.84. The number of rotatable bonds is 7. The van der Waals surface area contributed by atoms with E-state index in [-0.39, 0.29) is 24.2 Å². The summed E-state index contributed by atoms with van der Waals surface area (Å²) in [6.07, 6.45) is -0.554. The molecule has 0 atom stereocenters. The fourth-order valence-electron chi connectivity index (χ4n) is 1.95. The summed E-state index contributed by atoms with van der Waals surface area (Å²) in [5.74, 6) is -0.121. The first kappa shape index (κ1) is 19.2. The maximum Gasteiger partial charge on any atom is 0.411 e. The van der Waals surface area contributed by atoms with Gasteiger partial charge in [-0.2, -0.15) is 0 Å². The zero-order chi connectivity index (χ0) is 18.9. The first-order valence-corrected chi connectivity index (χ1v) is 8.14. The Bertz CT molecular complexity index is 747. The topological polar surface area (TPSA) is 76.7 Å². The predicted molar refractivity (Wildman–Crippen MR) is 96.8 cm³/mol. The number of hydrogen-bond donors (Lipinski definition) is 2. The lowest BCUT2D eigenvalue weighted by Crippen LogP contribution is -2.20. The van der Waals surface area contributed by atoms with E-state index < -0.39 is 6.09 Å². The molecule has 0 heterocycles. The average molecular weight is 360 g/mol. The molecule has 0 unspecified atom stereocenters. The van der Waals surface area contributed by atoms with E-state index >= 15 is 0 Å². The first-order chi connectivity index (χ1) is 12.4. The number of nitrogens with one attached hydrogen (secondary N) is 2. The molecule has 2 rings (SSSR count). The highest BCUT2D eigenvalue weighted by atomic mass is 19.1. The van der Waals surface area contributed by atoms with Crippen molar-refractivity contribution in [2.45, 2.75) is 13.8 Å². The summed E-state index contributed by atoms with van der Waals surface area (Å²) in [4.78, 5) is 23.6. The van der Waals surface area contributed by atoms with Crippen molar-refractivity contribution < 1.29 is 23.5 Å². The van der Waals surface area contributed by atoms with E-state index in [2.05, 4.69) is 10.6 Å². The smallest absolute Gasteiger partial charge is 0.411 e. The van der Waals surface area contributed by atoms with Gasteiger partial charge in [0.05, 0.1) is 6.61 Å². The van der Waals surface area contributed by atoms with Crippen LogP contribution in [0.15, 0.2) is 48.5 Å². The van der Waals surface area contributed by atoms with Gasteiger partial charge in [0.25, 0.3) is 5.91 Å². The second-order valence-corrected chi connectivity index (χ2v) is 5.99. The molecule has 0 spiro atoms. The highest BCUT2D eigenvalue weighted by Gasteiger charge is 2.07. The molecule has 0 aliphatic rings. The molecule has 0 aliphatic heterocycles. The Labute approximate surface area is 151 Å².